The Morgan fingerprint density at radius 3 is 2.47 bits per heavy atom. The number of halogens is 3. The highest BCUT2D eigenvalue weighted by Crippen LogP contribution is 2.51. The lowest BCUT2D eigenvalue weighted by molar-refractivity contribution is -0.138. The van der Waals surface area contributed by atoms with Gasteiger partial charge >= 0.3 is 6.18 Å². The highest BCUT2D eigenvalue weighted by atomic mass is 32.2. The molecule has 0 spiro atoms. The lowest BCUT2D eigenvalue weighted by Gasteiger charge is -2.26. The molecule has 2 heterocycles. The second-order valence-electron chi connectivity index (χ2n) is 9.22. The van der Waals surface area contributed by atoms with E-state index in [9.17, 15) is 26.4 Å². The number of carbonyl (C=O) groups excluding carboxylic acids is 1. The Kier molecular flexibility index (Phi) is 5.58. The van der Waals surface area contributed by atoms with Crippen molar-refractivity contribution < 1.29 is 35.5 Å². The molecule has 0 bridgehead atoms. The molecule has 190 valence electrons. The zero-order valence-corrected chi connectivity index (χ0v) is 20.2. The van der Waals surface area contributed by atoms with Crippen LogP contribution in [-0.2, 0) is 26.4 Å². The molecule has 36 heavy (non-hydrogen) atoms. The fourth-order valence-electron chi connectivity index (χ4n) is 4.48. The zero-order chi connectivity index (χ0) is 25.9. The van der Waals surface area contributed by atoms with Gasteiger partial charge in [0.2, 0.25) is 11.8 Å². The normalized spacial score (nSPS) is 18.4. The summed E-state index contributed by atoms with van der Waals surface area (Å²) >= 11 is 0. The number of amides is 1. The van der Waals surface area contributed by atoms with Crippen molar-refractivity contribution in [3.8, 4) is 5.75 Å². The van der Waals surface area contributed by atoms with Crippen LogP contribution in [0, 0.1) is 13.8 Å². The van der Waals surface area contributed by atoms with Crippen molar-refractivity contribution in [2.75, 3.05) is 10.7 Å². The van der Waals surface area contributed by atoms with Crippen LogP contribution in [-0.4, -0.2) is 20.3 Å². The number of carbonyl (C=O) groups is 1. The van der Waals surface area contributed by atoms with Gasteiger partial charge in [0.1, 0.15) is 23.3 Å². The molecule has 0 radical (unpaired) electrons. The van der Waals surface area contributed by atoms with Gasteiger partial charge in [-0.05, 0) is 68.1 Å². The number of aryl methyl sites for hydroxylation is 2. The number of ether oxygens (including phenoxy) is 1. The van der Waals surface area contributed by atoms with Gasteiger partial charge in [0.05, 0.1) is 16.7 Å². The van der Waals surface area contributed by atoms with E-state index in [1.807, 2.05) is 0 Å². The van der Waals surface area contributed by atoms with Gasteiger partial charge in [0.25, 0.3) is 10.0 Å². The van der Waals surface area contributed by atoms with E-state index in [0.717, 1.165) is 6.07 Å². The van der Waals surface area contributed by atoms with Crippen LogP contribution in [0.15, 0.2) is 52.9 Å². The van der Waals surface area contributed by atoms with Crippen molar-refractivity contribution >= 4 is 21.6 Å². The van der Waals surface area contributed by atoms with Crippen LogP contribution in [0.3, 0.4) is 0 Å². The van der Waals surface area contributed by atoms with E-state index in [1.54, 1.807) is 44.2 Å². The molecule has 2 N–H and O–H groups in total. The molecule has 1 aromatic heterocycles. The molecule has 2 aromatic carbocycles. The molecule has 1 atom stereocenters. The number of nitrogens with one attached hydrogen (secondary N) is 2. The highest BCUT2D eigenvalue weighted by Gasteiger charge is 2.52. The Morgan fingerprint density at radius 2 is 1.83 bits per heavy atom. The minimum atomic E-state index is -4.63. The minimum Gasteiger partial charge on any atom is -0.474 e. The van der Waals surface area contributed by atoms with E-state index in [4.69, 9.17) is 9.15 Å². The standard InChI is InChI=1S/C25H23F3N2O5S/c1-14-3-6-17(18(11-14)25(26,27)28)22(20-8-4-15(2)35-20)29-23(31)24(9-10-24)16-5-7-19-21(12-16)34-13-36(32,33)30-19/h3-8,11-12,22,30H,9-10,13H2,1-2H3,(H,29,31). The maximum absolute atomic E-state index is 14.0. The lowest BCUT2D eigenvalue weighted by Crippen LogP contribution is -2.38. The molecule has 2 aliphatic rings. The van der Waals surface area contributed by atoms with Crippen LogP contribution in [0.25, 0.3) is 0 Å². The monoisotopic (exact) mass is 520 g/mol. The molecule has 1 aliphatic heterocycles. The first-order valence-corrected chi connectivity index (χ1v) is 12.9. The summed E-state index contributed by atoms with van der Waals surface area (Å²) in [4.78, 5) is 13.6. The van der Waals surface area contributed by atoms with Gasteiger partial charge in [-0.3, -0.25) is 9.52 Å². The number of rotatable bonds is 5. The van der Waals surface area contributed by atoms with Gasteiger partial charge in [-0.15, -0.1) is 0 Å². The summed E-state index contributed by atoms with van der Waals surface area (Å²) in [5.74, 6) is -0.0189. The number of hydrogen-bond acceptors (Lipinski definition) is 5. The van der Waals surface area contributed by atoms with Crippen molar-refractivity contribution in [1.82, 2.24) is 5.32 Å². The van der Waals surface area contributed by atoms with E-state index in [-0.39, 0.29) is 22.8 Å². The summed E-state index contributed by atoms with van der Waals surface area (Å²) in [5.41, 5.74) is -0.641. The predicted octanol–water partition coefficient (Wildman–Crippen LogP) is 4.94. The molecule has 11 heteroatoms. The van der Waals surface area contributed by atoms with Gasteiger partial charge in [-0.2, -0.15) is 13.2 Å². The second kappa shape index (κ2) is 8.29. The largest absolute Gasteiger partial charge is 0.474 e. The summed E-state index contributed by atoms with van der Waals surface area (Å²) < 4.78 is 78.8. The number of fused-ring (bicyclic) bond motifs is 1. The molecular formula is C25H23F3N2O5S. The smallest absolute Gasteiger partial charge is 0.416 e. The van der Waals surface area contributed by atoms with Gasteiger partial charge < -0.3 is 14.5 Å². The Bertz CT molecular complexity index is 1460. The van der Waals surface area contributed by atoms with Crippen molar-refractivity contribution in [2.45, 2.75) is 44.3 Å². The quantitative estimate of drug-likeness (QED) is 0.497. The fourth-order valence-corrected chi connectivity index (χ4v) is 5.33. The van der Waals surface area contributed by atoms with E-state index >= 15 is 0 Å². The average Bonchev–Trinajstić information content (AvgIpc) is 3.51. The number of benzene rings is 2. The third-order valence-electron chi connectivity index (χ3n) is 6.50. The number of alkyl halides is 3. The molecule has 1 unspecified atom stereocenters. The van der Waals surface area contributed by atoms with Crippen LogP contribution >= 0.6 is 0 Å². The Balaban J connectivity index is 1.51. The molecule has 1 saturated carbocycles. The van der Waals surface area contributed by atoms with Crippen molar-refractivity contribution in [3.05, 3.63) is 82.3 Å². The van der Waals surface area contributed by atoms with E-state index in [0.29, 0.717) is 29.7 Å². The third kappa shape index (κ3) is 4.43. The molecule has 0 saturated heterocycles. The fraction of sp³-hybridized carbons (Fsp3) is 0.320. The first kappa shape index (κ1) is 24.2. The van der Waals surface area contributed by atoms with Crippen LogP contribution in [0.5, 0.6) is 5.75 Å². The molecule has 3 aromatic rings. The molecule has 7 nitrogen and oxygen atoms in total. The topological polar surface area (TPSA) is 97.6 Å². The van der Waals surface area contributed by atoms with Gasteiger partial charge in [-0.25, -0.2) is 8.42 Å². The Hall–Kier alpha value is -3.47. The van der Waals surface area contributed by atoms with Gasteiger partial charge in [0.15, 0.2) is 0 Å². The number of furan rings is 1. The number of sulfonamides is 1. The molecule has 5 rings (SSSR count). The average molecular weight is 521 g/mol. The summed E-state index contributed by atoms with van der Waals surface area (Å²) in [6, 6.07) is 10.7. The maximum Gasteiger partial charge on any atom is 0.416 e. The predicted molar refractivity (Wildman–Crippen MR) is 125 cm³/mol. The van der Waals surface area contributed by atoms with E-state index in [2.05, 4.69) is 10.0 Å². The maximum atomic E-state index is 14.0. The summed E-state index contributed by atoms with van der Waals surface area (Å²) in [7, 11) is -3.59. The van der Waals surface area contributed by atoms with Crippen LogP contribution in [0.1, 0.15) is 52.7 Å². The number of hydrogen-bond donors (Lipinski definition) is 2. The Morgan fingerprint density at radius 1 is 1.08 bits per heavy atom. The van der Waals surface area contributed by atoms with Gasteiger partial charge in [-0.1, -0.05) is 23.8 Å². The van der Waals surface area contributed by atoms with Crippen LogP contribution in [0.4, 0.5) is 18.9 Å². The molecule has 1 fully saturated rings. The number of anilines is 1. The Labute approximate surface area is 205 Å². The van der Waals surface area contributed by atoms with E-state index in [1.165, 1.54) is 12.1 Å². The van der Waals surface area contributed by atoms with Crippen molar-refractivity contribution in [2.24, 2.45) is 0 Å². The van der Waals surface area contributed by atoms with Crippen LogP contribution < -0.4 is 14.8 Å². The molecule has 1 aliphatic carbocycles. The molecule has 1 amide bonds. The highest BCUT2D eigenvalue weighted by molar-refractivity contribution is 7.92. The van der Waals surface area contributed by atoms with Crippen LogP contribution in [0.2, 0.25) is 0 Å². The summed E-state index contributed by atoms with van der Waals surface area (Å²) in [6.45, 7) is 3.24. The summed E-state index contributed by atoms with van der Waals surface area (Å²) in [6.07, 6.45) is -3.67. The zero-order valence-electron chi connectivity index (χ0n) is 19.4. The summed E-state index contributed by atoms with van der Waals surface area (Å²) in [5, 5.41) is 2.80. The van der Waals surface area contributed by atoms with E-state index < -0.39 is 45.1 Å². The minimum absolute atomic E-state index is 0.116. The third-order valence-corrected chi connectivity index (χ3v) is 7.46. The first-order chi connectivity index (χ1) is 16.9. The van der Waals surface area contributed by atoms with Crippen molar-refractivity contribution in [1.29, 1.82) is 0 Å². The second-order valence-corrected chi connectivity index (χ2v) is 10.9. The first-order valence-electron chi connectivity index (χ1n) is 11.2. The SMILES string of the molecule is Cc1ccc(C(NC(=O)C2(c3ccc4c(c3)OCS(=O)(=O)N4)CC2)c2ccc(C)o2)c(C(F)(F)F)c1. The lowest BCUT2D eigenvalue weighted by atomic mass is 9.92. The van der Waals surface area contributed by atoms with Crippen molar-refractivity contribution in [3.63, 3.8) is 0 Å². The van der Waals surface area contributed by atoms with Gasteiger partial charge in [0, 0.05) is 0 Å². The molecular weight excluding hydrogens is 497 g/mol.